The van der Waals surface area contributed by atoms with Crippen LogP contribution in [0.1, 0.15) is 42.8 Å². The van der Waals surface area contributed by atoms with Crippen LogP contribution >= 0.6 is 0 Å². The molecule has 2 amide bonds. The molecular formula is C22H16FN3O6. The number of rotatable bonds is 8. The van der Waals surface area contributed by atoms with Crippen LogP contribution in [0, 0.1) is 5.82 Å². The van der Waals surface area contributed by atoms with Gasteiger partial charge in [-0.3, -0.25) is 14.5 Å². The van der Waals surface area contributed by atoms with Gasteiger partial charge in [-0.25, -0.2) is 9.18 Å². The predicted octanol–water partition coefficient (Wildman–Crippen LogP) is 2.93. The third-order valence-electron chi connectivity index (χ3n) is 4.54. The Kier molecular flexibility index (Phi) is 5.75. The normalized spacial score (nSPS) is 12.6. The highest BCUT2D eigenvalue weighted by Gasteiger charge is 2.35. The summed E-state index contributed by atoms with van der Waals surface area (Å²) < 4.78 is 28.5. The van der Waals surface area contributed by atoms with Crippen LogP contribution in [0.2, 0.25) is 0 Å². The third kappa shape index (κ3) is 4.24. The molecular weight excluding hydrogens is 421 g/mol. The summed E-state index contributed by atoms with van der Waals surface area (Å²) in [6.45, 7) is 3.29. The van der Waals surface area contributed by atoms with Gasteiger partial charge in [0.1, 0.15) is 11.6 Å². The second-order valence-electron chi connectivity index (χ2n) is 6.69. The van der Waals surface area contributed by atoms with Gasteiger partial charge in [-0.2, -0.15) is 4.98 Å². The average molecular weight is 437 g/mol. The van der Waals surface area contributed by atoms with Gasteiger partial charge in [-0.05, 0) is 42.5 Å². The molecule has 0 atom stereocenters. The summed E-state index contributed by atoms with van der Waals surface area (Å²) in [6.07, 6.45) is 1.44. The Hall–Kier alpha value is -4.34. The molecule has 4 rings (SSSR count). The predicted molar refractivity (Wildman–Crippen MR) is 106 cm³/mol. The first-order valence-corrected chi connectivity index (χ1v) is 9.44. The molecule has 1 aromatic heterocycles. The Bertz CT molecular complexity index is 1200. The molecule has 0 fully saturated rings. The molecule has 0 unspecified atom stereocenters. The largest absolute Gasteiger partial charge is 0.485 e. The number of carbonyl (C=O) groups is 3. The Morgan fingerprint density at radius 2 is 1.84 bits per heavy atom. The number of ether oxygens (including phenoxy) is 2. The zero-order chi connectivity index (χ0) is 22.7. The molecule has 0 saturated carbocycles. The molecule has 32 heavy (non-hydrogen) atoms. The summed E-state index contributed by atoms with van der Waals surface area (Å²) in [5.74, 6) is -1.36. The smallest absolute Gasteiger partial charge is 0.338 e. The number of nitrogens with zero attached hydrogens (tertiary/aromatic N) is 3. The van der Waals surface area contributed by atoms with Crippen molar-refractivity contribution >= 4 is 17.8 Å². The zero-order valence-corrected chi connectivity index (χ0v) is 16.6. The van der Waals surface area contributed by atoms with Crippen LogP contribution in [0.15, 0.2) is 59.6 Å². The summed E-state index contributed by atoms with van der Waals surface area (Å²) in [5.41, 5.74) is 0.449. The van der Waals surface area contributed by atoms with E-state index in [1.165, 1.54) is 48.5 Å². The van der Waals surface area contributed by atoms with E-state index >= 15 is 0 Å². The minimum atomic E-state index is -0.725. The van der Waals surface area contributed by atoms with E-state index in [-0.39, 0.29) is 54.0 Å². The number of carbonyl (C=O) groups excluding carboxylic acids is 3. The lowest BCUT2D eigenvalue weighted by Crippen LogP contribution is -2.29. The van der Waals surface area contributed by atoms with Crippen molar-refractivity contribution in [3.05, 3.63) is 89.3 Å². The van der Waals surface area contributed by atoms with Gasteiger partial charge in [-0.1, -0.05) is 11.2 Å². The molecule has 0 saturated heterocycles. The van der Waals surface area contributed by atoms with Crippen LogP contribution in [0.4, 0.5) is 4.39 Å². The summed E-state index contributed by atoms with van der Waals surface area (Å²) in [4.78, 5) is 42.1. The van der Waals surface area contributed by atoms with Gasteiger partial charge in [0, 0.05) is 6.54 Å². The van der Waals surface area contributed by atoms with Crippen LogP contribution in [0.3, 0.4) is 0 Å². The van der Waals surface area contributed by atoms with Crippen molar-refractivity contribution in [2.45, 2.75) is 13.2 Å². The fraction of sp³-hybridized carbons (Fsp3) is 0.136. The zero-order valence-electron chi connectivity index (χ0n) is 16.6. The number of aromatic nitrogens is 2. The van der Waals surface area contributed by atoms with Gasteiger partial charge >= 0.3 is 5.97 Å². The van der Waals surface area contributed by atoms with Crippen molar-refractivity contribution in [3.63, 3.8) is 0 Å². The van der Waals surface area contributed by atoms with Gasteiger partial charge in [-0.15, -0.1) is 6.58 Å². The van der Waals surface area contributed by atoms with Crippen molar-refractivity contribution in [1.29, 1.82) is 0 Å². The summed E-state index contributed by atoms with van der Waals surface area (Å²) in [7, 11) is 0. The van der Waals surface area contributed by atoms with Crippen LogP contribution in [0.25, 0.3) is 0 Å². The van der Waals surface area contributed by atoms with E-state index in [1.807, 2.05) is 0 Å². The molecule has 162 valence electrons. The van der Waals surface area contributed by atoms with E-state index in [9.17, 15) is 18.8 Å². The van der Waals surface area contributed by atoms with Gasteiger partial charge in [0.2, 0.25) is 5.82 Å². The number of esters is 1. The van der Waals surface area contributed by atoms with Crippen molar-refractivity contribution in [2.24, 2.45) is 0 Å². The number of hydrogen-bond donors (Lipinski definition) is 0. The molecule has 1 aliphatic rings. The quantitative estimate of drug-likeness (QED) is 0.300. The Morgan fingerprint density at radius 3 is 2.59 bits per heavy atom. The highest BCUT2D eigenvalue weighted by Crippen LogP contribution is 2.24. The number of imide groups is 1. The maximum absolute atomic E-state index is 12.9. The van der Waals surface area contributed by atoms with Crippen molar-refractivity contribution in [1.82, 2.24) is 15.0 Å². The Morgan fingerprint density at radius 1 is 1.09 bits per heavy atom. The van der Waals surface area contributed by atoms with E-state index in [0.717, 1.165) is 4.90 Å². The molecule has 9 nitrogen and oxygen atoms in total. The lowest BCUT2D eigenvalue weighted by atomic mass is 10.1. The van der Waals surface area contributed by atoms with Gasteiger partial charge in [0.25, 0.3) is 17.7 Å². The first-order chi connectivity index (χ1) is 15.5. The summed E-state index contributed by atoms with van der Waals surface area (Å²) >= 11 is 0. The van der Waals surface area contributed by atoms with Gasteiger partial charge in [0.15, 0.2) is 13.2 Å². The first-order valence-electron chi connectivity index (χ1n) is 9.44. The van der Waals surface area contributed by atoms with Crippen LogP contribution in [-0.2, 0) is 18.0 Å². The highest BCUT2D eigenvalue weighted by atomic mass is 19.1. The molecule has 0 aliphatic carbocycles. The molecule has 2 heterocycles. The fourth-order valence-electron chi connectivity index (χ4n) is 3.01. The monoisotopic (exact) mass is 437 g/mol. The van der Waals surface area contributed by atoms with Crippen LogP contribution in [-0.4, -0.2) is 39.4 Å². The van der Waals surface area contributed by atoms with E-state index in [0.29, 0.717) is 5.75 Å². The molecule has 0 radical (unpaired) electrons. The molecule has 0 bridgehead atoms. The molecule has 2 aromatic carbocycles. The number of benzene rings is 2. The average Bonchev–Trinajstić information content (AvgIpc) is 3.35. The molecule has 1 aliphatic heterocycles. The van der Waals surface area contributed by atoms with Crippen LogP contribution < -0.4 is 4.74 Å². The lowest BCUT2D eigenvalue weighted by Gasteiger charge is -2.09. The van der Waals surface area contributed by atoms with Gasteiger partial charge in [0.05, 0.1) is 16.7 Å². The topological polar surface area (TPSA) is 112 Å². The van der Waals surface area contributed by atoms with E-state index in [4.69, 9.17) is 14.0 Å². The first kappa shape index (κ1) is 20.9. The Balaban J connectivity index is 1.35. The van der Waals surface area contributed by atoms with Crippen molar-refractivity contribution in [3.8, 4) is 5.75 Å². The minimum Gasteiger partial charge on any atom is -0.485 e. The maximum atomic E-state index is 12.9. The van der Waals surface area contributed by atoms with E-state index in [2.05, 4.69) is 16.7 Å². The molecule has 10 heteroatoms. The lowest BCUT2D eigenvalue weighted by molar-refractivity contribution is 0.0429. The highest BCUT2D eigenvalue weighted by molar-refractivity contribution is 6.22. The number of amides is 2. The van der Waals surface area contributed by atoms with E-state index < -0.39 is 17.8 Å². The van der Waals surface area contributed by atoms with Gasteiger partial charge < -0.3 is 14.0 Å². The number of halogens is 1. The minimum absolute atomic E-state index is 0.0226. The number of hydrogen-bond acceptors (Lipinski definition) is 8. The van der Waals surface area contributed by atoms with Crippen molar-refractivity contribution in [2.75, 3.05) is 6.54 Å². The summed E-state index contributed by atoms with van der Waals surface area (Å²) in [5, 5.41) is 3.72. The Labute approximate surface area is 181 Å². The maximum Gasteiger partial charge on any atom is 0.338 e. The second kappa shape index (κ2) is 8.80. The fourth-order valence-corrected chi connectivity index (χ4v) is 3.01. The molecule has 0 N–H and O–H groups in total. The third-order valence-corrected chi connectivity index (χ3v) is 4.54. The van der Waals surface area contributed by atoms with Crippen molar-refractivity contribution < 1.29 is 32.8 Å². The second-order valence-corrected chi connectivity index (χ2v) is 6.69. The standard InChI is InChI=1S/C22H16FN3O6/c1-2-9-26-20(27)16-8-3-13(10-17(16)21(26)28)22(29)31-12-19-24-18(25-32-19)11-30-15-6-4-14(23)5-7-15/h2-8,10H,1,9,11-12H2. The molecule has 3 aromatic rings. The molecule has 0 spiro atoms. The van der Waals surface area contributed by atoms with E-state index in [1.54, 1.807) is 0 Å². The summed E-state index contributed by atoms with van der Waals surface area (Å²) in [6, 6.07) is 9.57. The number of fused-ring (bicyclic) bond motifs is 1. The van der Waals surface area contributed by atoms with Crippen LogP contribution in [0.5, 0.6) is 5.75 Å². The SMILES string of the molecule is C=CCN1C(=O)c2ccc(C(=O)OCc3nc(COc4ccc(F)cc4)no3)cc2C1=O.